The Morgan fingerprint density at radius 1 is 0.762 bits per heavy atom. The van der Waals surface area contributed by atoms with Crippen LogP contribution in [0.15, 0.2) is 103 Å². The van der Waals surface area contributed by atoms with Crippen LogP contribution in [-0.2, 0) is 9.53 Å². The number of hydrogen-bond acceptors (Lipinski definition) is 8. The van der Waals surface area contributed by atoms with E-state index >= 15 is 0 Å². The van der Waals surface area contributed by atoms with E-state index in [4.69, 9.17) is 14.7 Å². The van der Waals surface area contributed by atoms with Gasteiger partial charge in [-0.2, -0.15) is 10.0 Å². The summed E-state index contributed by atoms with van der Waals surface area (Å²) in [6.07, 6.45) is 7.13. The number of benzene rings is 4. The van der Waals surface area contributed by atoms with Gasteiger partial charge in [0.1, 0.15) is 23.7 Å². The predicted molar refractivity (Wildman–Crippen MR) is 242 cm³/mol. The van der Waals surface area contributed by atoms with Crippen molar-refractivity contribution in [3.8, 4) is 33.6 Å². The fourth-order valence-electron chi connectivity index (χ4n) is 10.4. The molecule has 2 aromatic heterocycles. The Morgan fingerprint density at radius 2 is 1.33 bits per heavy atom. The molecule has 4 N–H and O–H groups in total. The number of carbonyl (C=O) groups excluding carboxylic acids is 1. The number of hydrogen-bond donors (Lipinski definition) is 4. The minimum Gasteiger partial charge on any atom is -0.432 e. The third-order valence-electron chi connectivity index (χ3n) is 14.0. The van der Waals surface area contributed by atoms with Gasteiger partial charge in [0.2, 0.25) is 5.91 Å². The highest BCUT2D eigenvalue weighted by Gasteiger charge is 2.56. The summed E-state index contributed by atoms with van der Waals surface area (Å²) in [6, 6.07) is 30.1. The summed E-state index contributed by atoms with van der Waals surface area (Å²) in [6.45, 7) is 9.97. The minimum absolute atomic E-state index is 0.0344. The van der Waals surface area contributed by atoms with Crippen LogP contribution in [0.1, 0.15) is 94.6 Å². The van der Waals surface area contributed by atoms with Crippen molar-refractivity contribution in [2.75, 3.05) is 39.4 Å². The van der Waals surface area contributed by atoms with Crippen molar-refractivity contribution in [2.24, 2.45) is 5.92 Å². The highest BCUT2D eigenvalue weighted by atomic mass is 16.7. The monoisotopic (exact) mass is 851 g/mol. The Morgan fingerprint density at radius 3 is 2.00 bits per heavy atom. The van der Waals surface area contributed by atoms with Crippen molar-refractivity contribution in [1.29, 1.82) is 0 Å². The Kier molecular flexibility index (Phi) is 12.3. The van der Waals surface area contributed by atoms with E-state index in [1.54, 1.807) is 11.2 Å². The van der Waals surface area contributed by atoms with E-state index in [0.29, 0.717) is 38.5 Å². The van der Waals surface area contributed by atoms with E-state index in [0.717, 1.165) is 101 Å². The highest BCUT2D eigenvalue weighted by Crippen LogP contribution is 2.40. The zero-order valence-electron chi connectivity index (χ0n) is 36.5. The molecule has 0 bridgehead atoms. The molecule has 5 unspecified atom stereocenters. The van der Waals surface area contributed by atoms with Gasteiger partial charge in [-0.15, -0.1) is 5.01 Å². The first-order valence-electron chi connectivity index (χ1n) is 22.7. The molecular formula is C50H59N8O5+. The van der Waals surface area contributed by atoms with Crippen LogP contribution in [0.25, 0.3) is 44.4 Å². The molecule has 0 radical (unpaired) electrons. The second-order valence-electron chi connectivity index (χ2n) is 17.4. The lowest BCUT2D eigenvalue weighted by atomic mass is 9.92. The first-order chi connectivity index (χ1) is 30.7. The van der Waals surface area contributed by atoms with Crippen LogP contribution < -0.4 is 0 Å². The molecule has 5 heterocycles. The smallest absolute Gasteiger partial charge is 0.432 e. The quantitative estimate of drug-likeness (QED) is 0.0506. The summed E-state index contributed by atoms with van der Waals surface area (Å²) in [4.78, 5) is 47.9. The van der Waals surface area contributed by atoms with Crippen molar-refractivity contribution < 1.29 is 29.4 Å². The van der Waals surface area contributed by atoms with E-state index in [1.165, 1.54) is 0 Å². The number of H-pyrrole nitrogens is 2. The van der Waals surface area contributed by atoms with Gasteiger partial charge in [0.25, 0.3) is 0 Å². The fourth-order valence-corrected chi connectivity index (χ4v) is 10.4. The number of hydroxylamine groups is 2. The lowest BCUT2D eigenvalue weighted by Crippen LogP contribution is -2.67. The summed E-state index contributed by atoms with van der Waals surface area (Å²) in [5, 5.41) is 26.2. The number of amides is 2. The van der Waals surface area contributed by atoms with Gasteiger partial charge < -0.3 is 24.7 Å². The zero-order chi connectivity index (χ0) is 43.7. The summed E-state index contributed by atoms with van der Waals surface area (Å²) in [5.74, 6) is 1.65. The third-order valence-corrected chi connectivity index (χ3v) is 14.0. The van der Waals surface area contributed by atoms with Crippen LogP contribution >= 0.6 is 0 Å². The number of nitrogens with one attached hydrogen (secondary N) is 2. The van der Waals surface area contributed by atoms with E-state index in [-0.39, 0.29) is 30.0 Å². The molecule has 328 valence electrons. The fraction of sp³-hybridized carbons (Fsp3) is 0.400. The average Bonchev–Trinajstić information content (AvgIpc) is 4.18. The molecule has 3 aliphatic rings. The van der Waals surface area contributed by atoms with E-state index in [1.807, 2.05) is 36.2 Å². The molecule has 3 saturated heterocycles. The van der Waals surface area contributed by atoms with Gasteiger partial charge in [-0.3, -0.25) is 9.69 Å². The molecular weight excluding hydrogens is 793 g/mol. The zero-order valence-corrected chi connectivity index (χ0v) is 36.5. The lowest BCUT2D eigenvalue weighted by molar-refractivity contribution is -1.15. The lowest BCUT2D eigenvalue weighted by Gasteiger charge is -2.42. The van der Waals surface area contributed by atoms with Crippen LogP contribution in [0, 0.1) is 5.92 Å². The predicted octanol–water partition coefficient (Wildman–Crippen LogP) is 9.78. The van der Waals surface area contributed by atoms with Crippen molar-refractivity contribution in [2.45, 2.75) is 83.5 Å². The molecule has 9 rings (SSSR count). The van der Waals surface area contributed by atoms with Gasteiger partial charge in [-0.05, 0) is 108 Å². The van der Waals surface area contributed by atoms with Crippen LogP contribution in [0.2, 0.25) is 0 Å². The number of nitrogens with zero attached hydrogens (tertiary/aromatic N) is 6. The SMILES string of the molecule is CCN(CC)C(C(=O)N1CCCC1c1ncc(-c2ccc(-c3ccc4cc(-c5cnc(C6CCCN6[N+](O)(C(=O)O)C(C)C6CCOCC6)[nH]5)ccc4c3)cc2)[nH]1)c1ccccc1. The molecule has 4 aromatic carbocycles. The number of aromatic nitrogens is 4. The van der Waals surface area contributed by atoms with Crippen molar-refractivity contribution in [3.63, 3.8) is 0 Å². The number of carbonyl (C=O) groups is 2. The van der Waals surface area contributed by atoms with Gasteiger partial charge >= 0.3 is 6.09 Å². The van der Waals surface area contributed by atoms with Gasteiger partial charge in [-0.1, -0.05) is 92.7 Å². The maximum Gasteiger partial charge on any atom is 0.568 e. The average molecular weight is 852 g/mol. The second-order valence-corrected chi connectivity index (χ2v) is 17.4. The van der Waals surface area contributed by atoms with E-state index in [2.05, 4.69) is 102 Å². The van der Waals surface area contributed by atoms with Crippen LogP contribution in [0.4, 0.5) is 4.79 Å². The number of ether oxygens (including phenoxy) is 1. The molecule has 0 aliphatic carbocycles. The Balaban J connectivity index is 0.884. The molecule has 13 heteroatoms. The number of aromatic amines is 2. The van der Waals surface area contributed by atoms with Crippen molar-refractivity contribution in [3.05, 3.63) is 121 Å². The summed E-state index contributed by atoms with van der Waals surface area (Å²) in [7, 11) is 0. The van der Waals surface area contributed by atoms with Gasteiger partial charge in [-0.25, -0.2) is 9.97 Å². The molecule has 0 spiro atoms. The molecule has 2 amide bonds. The first-order valence-corrected chi connectivity index (χ1v) is 22.7. The molecule has 3 fully saturated rings. The topological polar surface area (TPSA) is 151 Å². The normalized spacial score (nSPS) is 20.6. The third kappa shape index (κ3) is 8.20. The Hall–Kier alpha value is -5.70. The molecule has 13 nitrogen and oxygen atoms in total. The maximum absolute atomic E-state index is 14.3. The standard InChI is InChI=1S/C50H58N8O5/c1-4-55(5-2)46(37-11-7-6-8-12-37)49(59)56-25-9-13-44(56)47-51-31-42(53-47)36-17-15-35(16-18-36)38-19-20-40-30-41(22-21-39(40)29-38)43-32-52-48(54-43)45-14-10-26-57(45)58(62,50(60)61)33(3)34-23-27-63-28-24-34/h6-8,11-12,15-22,29-34,44-46,62H,4-5,9-10,13-14,23-28H2,1-3H3,(H2-,51,52,53,54,60,61)/p+1. The molecule has 0 saturated carbocycles. The molecule has 6 aromatic rings. The van der Waals surface area contributed by atoms with Gasteiger partial charge in [0.05, 0.1) is 36.4 Å². The summed E-state index contributed by atoms with van der Waals surface area (Å²) < 4.78 is 4.37. The van der Waals surface area contributed by atoms with E-state index < -0.39 is 16.9 Å². The van der Waals surface area contributed by atoms with Gasteiger partial charge in [0.15, 0.2) is 6.04 Å². The van der Waals surface area contributed by atoms with Gasteiger partial charge in [0, 0.05) is 31.2 Å². The molecule has 5 atom stereocenters. The number of rotatable bonds is 13. The summed E-state index contributed by atoms with van der Waals surface area (Å²) >= 11 is 0. The maximum atomic E-state index is 14.3. The van der Waals surface area contributed by atoms with Crippen molar-refractivity contribution >= 4 is 22.8 Å². The largest absolute Gasteiger partial charge is 0.568 e. The van der Waals surface area contributed by atoms with Crippen molar-refractivity contribution in [1.82, 2.24) is 34.7 Å². The Labute approximate surface area is 368 Å². The number of quaternary nitrogens is 1. The highest BCUT2D eigenvalue weighted by molar-refractivity contribution is 5.90. The second kappa shape index (κ2) is 18.2. The number of likely N-dealkylation sites (tertiary alicyclic amines) is 1. The molecule has 3 aliphatic heterocycles. The van der Waals surface area contributed by atoms with E-state index in [9.17, 15) is 19.9 Å². The summed E-state index contributed by atoms with van der Waals surface area (Å²) in [5.41, 5.74) is 7.01. The van der Waals surface area contributed by atoms with Crippen LogP contribution in [0.5, 0.6) is 0 Å². The number of imidazole rings is 2. The van der Waals surface area contributed by atoms with Crippen LogP contribution in [0.3, 0.4) is 0 Å². The van der Waals surface area contributed by atoms with Crippen LogP contribution in [-0.4, -0.2) is 107 Å². The first kappa shape index (κ1) is 42.6. The number of fused-ring (bicyclic) bond motifs is 1. The minimum atomic E-state index is -1.27. The number of likely N-dealkylation sites (N-methyl/N-ethyl adjacent to an activating group) is 1. The Bertz CT molecular complexity index is 2530. The molecule has 63 heavy (non-hydrogen) atoms. The number of carboxylic acid groups (broad SMARTS) is 1.